The fourth-order valence-electron chi connectivity index (χ4n) is 6.71. The smallest absolute Gasteiger partial charge is 0.00187 e. The van der Waals surface area contributed by atoms with Gasteiger partial charge < -0.3 is 4.90 Å². The third kappa shape index (κ3) is 38.1. The highest BCUT2D eigenvalue weighted by Crippen LogP contribution is 2.16. The highest BCUT2D eigenvalue weighted by Gasteiger charge is 2.06. The molecule has 0 spiro atoms. The van der Waals surface area contributed by atoms with E-state index in [4.69, 9.17) is 0 Å². The number of hydrogen-bond acceptors (Lipinski definition) is 1. The quantitative estimate of drug-likeness (QED) is 0.0642. The summed E-state index contributed by atoms with van der Waals surface area (Å²) in [6.07, 6.45) is 43.7. The summed E-state index contributed by atoms with van der Waals surface area (Å²) in [5, 5.41) is 0. The molecular weight excluding hydrogens is 518 g/mol. The van der Waals surface area contributed by atoms with Gasteiger partial charge in [0.1, 0.15) is 0 Å². The topological polar surface area (TPSA) is 3.24 Å². The predicted molar refractivity (Wildman–Crippen MR) is 199 cm³/mol. The summed E-state index contributed by atoms with van der Waals surface area (Å²) < 4.78 is 0. The summed E-state index contributed by atoms with van der Waals surface area (Å²) in [6, 6.07) is 0. The molecule has 0 saturated carbocycles. The zero-order valence-electron chi connectivity index (χ0n) is 31.5. The van der Waals surface area contributed by atoms with Gasteiger partial charge in [0.05, 0.1) is 0 Å². The zero-order valence-corrected chi connectivity index (χ0v) is 31.5. The lowest BCUT2D eigenvalue weighted by Gasteiger charge is -2.22. The molecule has 0 aliphatic heterocycles. The largest absolute Gasteiger partial charge is 0.303 e. The van der Waals surface area contributed by atoms with Gasteiger partial charge in [-0.2, -0.15) is 0 Å². The SMILES string of the molecule is CC(C)CCCCCCCCCCCN(CCCCCCCCCCCC(C)C)CCCCCCCCCCCC(C)C. The van der Waals surface area contributed by atoms with Gasteiger partial charge in [0.15, 0.2) is 0 Å². The van der Waals surface area contributed by atoms with E-state index in [1.807, 2.05) is 0 Å². The van der Waals surface area contributed by atoms with Gasteiger partial charge >= 0.3 is 0 Å². The lowest BCUT2D eigenvalue weighted by atomic mass is 10.0. The Morgan fingerprint density at radius 3 is 0.581 bits per heavy atom. The molecule has 0 aliphatic rings. The molecule has 1 heteroatoms. The fourth-order valence-corrected chi connectivity index (χ4v) is 6.71. The van der Waals surface area contributed by atoms with E-state index in [2.05, 4.69) is 46.4 Å². The van der Waals surface area contributed by atoms with Gasteiger partial charge in [-0.15, -0.1) is 0 Å². The van der Waals surface area contributed by atoms with Crippen LogP contribution in [0.2, 0.25) is 0 Å². The first-order valence-electron chi connectivity index (χ1n) is 20.6. The first-order chi connectivity index (χ1) is 20.9. The minimum absolute atomic E-state index is 0.887. The molecule has 0 heterocycles. The van der Waals surface area contributed by atoms with Crippen molar-refractivity contribution in [3.05, 3.63) is 0 Å². The van der Waals surface area contributed by atoms with Crippen LogP contribution < -0.4 is 0 Å². The van der Waals surface area contributed by atoms with Gasteiger partial charge in [0.25, 0.3) is 0 Å². The molecule has 0 bridgehead atoms. The number of nitrogens with zero attached hydrogens (tertiary/aromatic N) is 1. The number of unbranched alkanes of at least 4 members (excludes halogenated alkanes) is 24. The Balaban J connectivity index is 3.94. The molecule has 260 valence electrons. The summed E-state index contributed by atoms with van der Waals surface area (Å²) >= 11 is 0. The van der Waals surface area contributed by atoms with Crippen molar-refractivity contribution in [1.82, 2.24) is 4.90 Å². The Bertz CT molecular complexity index is 424. The van der Waals surface area contributed by atoms with Crippen LogP contribution in [0, 0.1) is 17.8 Å². The van der Waals surface area contributed by atoms with E-state index in [9.17, 15) is 0 Å². The van der Waals surface area contributed by atoms with E-state index < -0.39 is 0 Å². The van der Waals surface area contributed by atoms with E-state index in [0.29, 0.717) is 0 Å². The summed E-state index contributed by atoms with van der Waals surface area (Å²) in [5.41, 5.74) is 0. The molecular formula is C42H87N. The van der Waals surface area contributed by atoms with Crippen molar-refractivity contribution in [2.24, 2.45) is 17.8 Å². The van der Waals surface area contributed by atoms with E-state index in [1.165, 1.54) is 212 Å². The van der Waals surface area contributed by atoms with Gasteiger partial charge in [-0.1, -0.05) is 215 Å². The van der Waals surface area contributed by atoms with Crippen molar-refractivity contribution < 1.29 is 0 Å². The average Bonchev–Trinajstić information content (AvgIpc) is 2.96. The van der Waals surface area contributed by atoms with Gasteiger partial charge in [-0.3, -0.25) is 0 Å². The Hall–Kier alpha value is -0.0400. The molecule has 0 radical (unpaired) electrons. The molecule has 0 aromatic rings. The Labute approximate surface area is 275 Å². The fraction of sp³-hybridized carbons (Fsp3) is 1.00. The van der Waals surface area contributed by atoms with Crippen molar-refractivity contribution in [3.63, 3.8) is 0 Å². The second-order valence-electron chi connectivity index (χ2n) is 15.9. The molecule has 1 nitrogen and oxygen atoms in total. The summed E-state index contributed by atoms with van der Waals surface area (Å²) in [7, 11) is 0. The maximum atomic E-state index is 2.86. The van der Waals surface area contributed by atoms with Crippen LogP contribution in [0.5, 0.6) is 0 Å². The molecule has 0 fully saturated rings. The van der Waals surface area contributed by atoms with Crippen LogP contribution in [0.25, 0.3) is 0 Å². The zero-order chi connectivity index (χ0) is 31.6. The molecule has 0 aromatic heterocycles. The van der Waals surface area contributed by atoms with Gasteiger partial charge in [0, 0.05) is 0 Å². The van der Waals surface area contributed by atoms with E-state index in [0.717, 1.165) is 17.8 Å². The maximum Gasteiger partial charge on any atom is -0.00187 e. The third-order valence-corrected chi connectivity index (χ3v) is 9.77. The van der Waals surface area contributed by atoms with E-state index >= 15 is 0 Å². The highest BCUT2D eigenvalue weighted by molar-refractivity contribution is 4.61. The minimum Gasteiger partial charge on any atom is -0.303 e. The molecule has 0 aliphatic carbocycles. The van der Waals surface area contributed by atoms with Crippen LogP contribution in [0.1, 0.15) is 234 Å². The second-order valence-corrected chi connectivity index (χ2v) is 15.9. The number of hydrogen-bond donors (Lipinski definition) is 0. The molecule has 0 rings (SSSR count). The molecule has 0 amide bonds. The lowest BCUT2D eigenvalue weighted by Crippen LogP contribution is -2.27. The molecule has 43 heavy (non-hydrogen) atoms. The van der Waals surface area contributed by atoms with Crippen LogP contribution in [0.15, 0.2) is 0 Å². The molecule has 0 N–H and O–H groups in total. The van der Waals surface area contributed by atoms with Gasteiger partial charge in [-0.25, -0.2) is 0 Å². The molecule has 0 saturated heterocycles. The average molecular weight is 606 g/mol. The van der Waals surface area contributed by atoms with Crippen molar-refractivity contribution in [2.75, 3.05) is 19.6 Å². The van der Waals surface area contributed by atoms with Crippen molar-refractivity contribution in [3.8, 4) is 0 Å². The predicted octanol–water partition coefficient (Wildman–Crippen LogP) is 15.0. The Morgan fingerprint density at radius 2 is 0.395 bits per heavy atom. The Morgan fingerprint density at radius 1 is 0.233 bits per heavy atom. The van der Waals surface area contributed by atoms with Crippen LogP contribution in [0.4, 0.5) is 0 Å². The number of rotatable bonds is 36. The first kappa shape index (κ1) is 43.0. The van der Waals surface area contributed by atoms with Crippen LogP contribution in [-0.2, 0) is 0 Å². The van der Waals surface area contributed by atoms with Crippen LogP contribution >= 0.6 is 0 Å². The van der Waals surface area contributed by atoms with Crippen molar-refractivity contribution in [1.29, 1.82) is 0 Å². The first-order valence-corrected chi connectivity index (χ1v) is 20.6. The summed E-state index contributed by atoms with van der Waals surface area (Å²) in [5.74, 6) is 2.66. The van der Waals surface area contributed by atoms with Gasteiger partial charge in [0.2, 0.25) is 0 Å². The molecule has 0 aromatic carbocycles. The maximum absolute atomic E-state index is 2.86. The summed E-state index contributed by atoms with van der Waals surface area (Å²) in [6.45, 7) is 18.2. The van der Waals surface area contributed by atoms with E-state index in [-0.39, 0.29) is 0 Å². The standard InChI is InChI=1S/C42H87N/c1-40(2)34-28-22-16-10-7-13-19-25-31-37-43(38-32-26-20-14-8-11-17-23-29-35-41(3)4)39-33-27-21-15-9-12-18-24-30-36-42(5)6/h40-42H,7-39H2,1-6H3. The van der Waals surface area contributed by atoms with E-state index in [1.54, 1.807) is 0 Å². The van der Waals surface area contributed by atoms with Crippen LogP contribution in [-0.4, -0.2) is 24.5 Å². The molecule has 0 unspecified atom stereocenters. The van der Waals surface area contributed by atoms with Crippen molar-refractivity contribution >= 4 is 0 Å². The normalized spacial score (nSPS) is 12.1. The minimum atomic E-state index is 0.887. The van der Waals surface area contributed by atoms with Crippen molar-refractivity contribution in [2.45, 2.75) is 234 Å². The monoisotopic (exact) mass is 606 g/mol. The second kappa shape index (κ2) is 34.8. The Kier molecular flexibility index (Phi) is 34.8. The van der Waals surface area contributed by atoms with Gasteiger partial charge in [-0.05, 0) is 56.7 Å². The molecule has 0 atom stereocenters. The van der Waals surface area contributed by atoms with Crippen LogP contribution in [0.3, 0.4) is 0 Å². The highest BCUT2D eigenvalue weighted by atomic mass is 15.1. The lowest BCUT2D eigenvalue weighted by molar-refractivity contribution is 0.254. The third-order valence-electron chi connectivity index (χ3n) is 9.77. The summed E-state index contributed by atoms with van der Waals surface area (Å²) in [4.78, 5) is 2.86.